The highest BCUT2D eigenvalue weighted by atomic mass is 16.5. The van der Waals surface area contributed by atoms with Gasteiger partial charge in [-0.2, -0.15) is 0 Å². The van der Waals surface area contributed by atoms with Crippen molar-refractivity contribution in [1.29, 1.82) is 0 Å². The molecule has 290 valence electrons. The number of aromatic nitrogens is 6. The van der Waals surface area contributed by atoms with E-state index in [9.17, 15) is 19.2 Å². The van der Waals surface area contributed by atoms with Gasteiger partial charge in [-0.15, -0.1) is 0 Å². The number of rotatable bonds is 7. The third kappa shape index (κ3) is 6.86. The second-order valence-electron chi connectivity index (χ2n) is 14.3. The standard InChI is InChI=1S/C41H40N10O6/c1-23-17-27(37-44-21-29(22-45-37)48(3)28-18-30(26-11-15-56-16-12-26)36-31(19-28)49(4)41(55)50(36)5)20-43-35(23)39(53)42-13-6-7-25-8-9-32-34(24(25)2)38(47-57-32)51-14-10-33(52)46-40(51)54/h8-9,17-22,26H,10-16H2,1-5H3,(H,42,53)(H,46,52,54). The van der Waals surface area contributed by atoms with Crippen LogP contribution in [0, 0.1) is 25.7 Å². The highest BCUT2D eigenvalue weighted by molar-refractivity contribution is 6.09. The lowest BCUT2D eigenvalue weighted by Crippen LogP contribution is -2.49. The number of benzene rings is 2. The highest BCUT2D eigenvalue weighted by Crippen LogP contribution is 2.37. The normalized spacial score (nSPS) is 14.8. The maximum absolute atomic E-state index is 13.1. The van der Waals surface area contributed by atoms with Gasteiger partial charge in [0.05, 0.1) is 41.0 Å². The van der Waals surface area contributed by atoms with Crippen molar-refractivity contribution in [3.63, 3.8) is 0 Å². The largest absolute Gasteiger partial charge is 0.381 e. The first-order valence-electron chi connectivity index (χ1n) is 18.6. The number of carbonyl (C=O) groups excluding carboxylic acids is 3. The SMILES string of the molecule is Cc1cc(-c2ncc(N(C)c3cc(C4CCOCC4)c4c(c3)n(C)c(=O)n4C)cn2)cnc1C(=O)NCC#Cc1ccc2onc(N3CCC(=O)NC3=O)c2c1C. The van der Waals surface area contributed by atoms with Crippen molar-refractivity contribution in [2.75, 3.05) is 43.2 Å². The average Bonchev–Trinajstić information content (AvgIpc) is 3.75. The van der Waals surface area contributed by atoms with Crippen molar-refractivity contribution in [3.05, 3.63) is 87.4 Å². The summed E-state index contributed by atoms with van der Waals surface area (Å²) < 4.78 is 14.5. The van der Waals surface area contributed by atoms with E-state index in [1.54, 1.807) is 53.8 Å². The first-order valence-corrected chi connectivity index (χ1v) is 18.6. The molecule has 0 saturated carbocycles. The minimum atomic E-state index is -0.556. The van der Waals surface area contributed by atoms with Crippen LogP contribution in [-0.2, 0) is 23.6 Å². The van der Waals surface area contributed by atoms with Gasteiger partial charge in [-0.3, -0.25) is 33.9 Å². The number of urea groups is 1. The zero-order valence-corrected chi connectivity index (χ0v) is 32.2. The molecule has 8 rings (SSSR count). The van der Waals surface area contributed by atoms with Crippen molar-refractivity contribution < 1.29 is 23.6 Å². The van der Waals surface area contributed by atoms with Crippen LogP contribution in [0.25, 0.3) is 33.4 Å². The molecule has 2 aliphatic rings. The number of imide groups is 1. The molecule has 0 spiro atoms. The molecular formula is C41H40N10O6. The number of ether oxygens (including phenoxy) is 1. The smallest absolute Gasteiger partial charge is 0.329 e. The fourth-order valence-corrected chi connectivity index (χ4v) is 7.52. The lowest BCUT2D eigenvalue weighted by atomic mass is 9.90. The van der Waals surface area contributed by atoms with Gasteiger partial charge in [0, 0.05) is 70.3 Å². The van der Waals surface area contributed by atoms with E-state index in [1.807, 2.05) is 38.1 Å². The molecule has 16 heteroatoms. The number of nitrogens with one attached hydrogen (secondary N) is 2. The quantitative estimate of drug-likeness (QED) is 0.220. The topological polar surface area (TPSA) is 183 Å². The van der Waals surface area contributed by atoms with Crippen LogP contribution < -0.4 is 26.1 Å². The lowest BCUT2D eigenvalue weighted by Gasteiger charge is -2.26. The Morgan fingerprint density at radius 2 is 1.77 bits per heavy atom. The van der Waals surface area contributed by atoms with Gasteiger partial charge in [0.15, 0.2) is 17.2 Å². The maximum Gasteiger partial charge on any atom is 0.329 e. The summed E-state index contributed by atoms with van der Waals surface area (Å²) in [6.07, 6.45) is 7.01. The van der Waals surface area contributed by atoms with Gasteiger partial charge in [0.2, 0.25) is 5.91 Å². The van der Waals surface area contributed by atoms with Gasteiger partial charge in [-0.1, -0.05) is 17.0 Å². The summed E-state index contributed by atoms with van der Waals surface area (Å²) in [6.45, 7) is 5.29. The van der Waals surface area contributed by atoms with Gasteiger partial charge in [-0.05, 0) is 79.6 Å². The number of imidazole rings is 1. The van der Waals surface area contributed by atoms with Crippen molar-refractivity contribution >= 4 is 57.0 Å². The van der Waals surface area contributed by atoms with Crippen molar-refractivity contribution in [2.45, 2.75) is 39.0 Å². The Labute approximate surface area is 326 Å². The first-order chi connectivity index (χ1) is 27.5. The van der Waals surface area contributed by atoms with Gasteiger partial charge < -0.3 is 19.5 Å². The Hall–Kier alpha value is -6.86. The summed E-state index contributed by atoms with van der Waals surface area (Å²) in [7, 11) is 5.57. The van der Waals surface area contributed by atoms with E-state index in [4.69, 9.17) is 9.26 Å². The van der Waals surface area contributed by atoms with Gasteiger partial charge in [0.1, 0.15) is 5.69 Å². The van der Waals surface area contributed by atoms with Crippen molar-refractivity contribution in [1.82, 2.24) is 39.9 Å². The molecule has 6 heterocycles. The minimum Gasteiger partial charge on any atom is -0.381 e. The zero-order valence-electron chi connectivity index (χ0n) is 32.2. The third-order valence-electron chi connectivity index (χ3n) is 10.8. The van der Waals surface area contributed by atoms with Crippen LogP contribution in [0.4, 0.5) is 22.0 Å². The Morgan fingerprint density at radius 1 is 1.00 bits per heavy atom. The molecular weight excluding hydrogens is 729 g/mol. The van der Waals surface area contributed by atoms with Crippen LogP contribution in [0.5, 0.6) is 0 Å². The summed E-state index contributed by atoms with van der Waals surface area (Å²) in [6, 6.07) is 8.96. The summed E-state index contributed by atoms with van der Waals surface area (Å²) in [4.78, 5) is 67.2. The average molecular weight is 769 g/mol. The Kier molecular flexibility index (Phi) is 9.76. The van der Waals surface area contributed by atoms with E-state index in [-0.39, 0.29) is 48.6 Å². The van der Waals surface area contributed by atoms with Crippen molar-refractivity contribution in [3.8, 4) is 23.2 Å². The Morgan fingerprint density at radius 3 is 2.51 bits per heavy atom. The van der Waals surface area contributed by atoms with E-state index >= 15 is 0 Å². The van der Waals surface area contributed by atoms with E-state index < -0.39 is 6.03 Å². The first kappa shape index (κ1) is 37.1. The van der Waals surface area contributed by atoms with E-state index in [1.165, 1.54) is 4.90 Å². The van der Waals surface area contributed by atoms with Crippen LogP contribution in [-0.4, -0.2) is 80.4 Å². The molecule has 0 radical (unpaired) electrons. The fourth-order valence-electron chi connectivity index (χ4n) is 7.52. The summed E-state index contributed by atoms with van der Waals surface area (Å²) in [5, 5.41) is 9.81. The van der Waals surface area contributed by atoms with Crippen molar-refractivity contribution in [2.24, 2.45) is 14.1 Å². The van der Waals surface area contributed by atoms with Crippen LogP contribution in [0.1, 0.15) is 57.9 Å². The van der Waals surface area contributed by atoms with Gasteiger partial charge in [0.25, 0.3) is 5.91 Å². The molecule has 16 nitrogen and oxygen atoms in total. The predicted molar refractivity (Wildman–Crippen MR) is 212 cm³/mol. The molecule has 4 amide bonds. The molecule has 4 aromatic heterocycles. The highest BCUT2D eigenvalue weighted by Gasteiger charge is 2.29. The summed E-state index contributed by atoms with van der Waals surface area (Å²) in [5.74, 6) is 6.41. The molecule has 2 N–H and O–H groups in total. The maximum atomic E-state index is 13.1. The number of aryl methyl sites for hydroxylation is 4. The summed E-state index contributed by atoms with van der Waals surface area (Å²) in [5.41, 5.74) is 8.05. The van der Waals surface area contributed by atoms with E-state index in [2.05, 4.69) is 48.6 Å². The third-order valence-corrected chi connectivity index (χ3v) is 10.8. The van der Waals surface area contributed by atoms with Gasteiger partial charge >= 0.3 is 11.7 Å². The number of nitrogens with zero attached hydrogens (tertiary/aromatic N) is 8. The number of hydrogen-bond donors (Lipinski definition) is 2. The number of pyridine rings is 1. The molecule has 0 unspecified atom stereocenters. The van der Waals surface area contributed by atoms with Crippen LogP contribution in [0.3, 0.4) is 0 Å². The van der Waals surface area contributed by atoms with E-state index in [0.717, 1.165) is 46.4 Å². The van der Waals surface area contributed by atoms with Gasteiger partial charge in [-0.25, -0.2) is 19.6 Å². The Balaban J connectivity index is 0.947. The molecule has 57 heavy (non-hydrogen) atoms. The molecule has 2 aromatic carbocycles. The number of hydrogen-bond acceptors (Lipinski definition) is 11. The predicted octanol–water partition coefficient (Wildman–Crippen LogP) is 4.38. The zero-order chi connectivity index (χ0) is 40.0. The molecule has 0 atom stereocenters. The van der Waals surface area contributed by atoms with E-state index in [0.29, 0.717) is 52.5 Å². The molecule has 2 fully saturated rings. The second kappa shape index (κ2) is 15.0. The monoisotopic (exact) mass is 768 g/mol. The van der Waals surface area contributed by atoms with Crippen LogP contribution >= 0.6 is 0 Å². The second-order valence-corrected chi connectivity index (χ2v) is 14.3. The molecule has 0 aliphatic carbocycles. The Bertz CT molecular complexity index is 2710. The fraction of sp³-hybridized carbons (Fsp3) is 0.317. The number of carbonyl (C=O) groups is 3. The van der Waals surface area contributed by atoms with Crippen LogP contribution in [0.15, 0.2) is 58.2 Å². The molecule has 0 bridgehead atoms. The number of anilines is 3. The summed E-state index contributed by atoms with van der Waals surface area (Å²) >= 11 is 0. The van der Waals surface area contributed by atoms with Crippen LogP contribution in [0.2, 0.25) is 0 Å². The molecule has 2 aliphatic heterocycles. The molecule has 6 aromatic rings. The minimum absolute atomic E-state index is 0.0640. The molecule has 2 saturated heterocycles. The number of fused-ring (bicyclic) bond motifs is 2. The number of amides is 4. The lowest BCUT2D eigenvalue weighted by molar-refractivity contribution is -0.120.